The zero-order chi connectivity index (χ0) is 31.7. The van der Waals surface area contributed by atoms with E-state index in [2.05, 4.69) is 4.74 Å². The van der Waals surface area contributed by atoms with E-state index < -0.39 is 26.5 Å². The molecular formula is C29H40B2O12. The number of fused-ring (bicyclic) bond motifs is 2. The highest BCUT2D eigenvalue weighted by molar-refractivity contribution is 6.62. The van der Waals surface area contributed by atoms with E-state index in [0.717, 1.165) is 41.7 Å². The summed E-state index contributed by atoms with van der Waals surface area (Å²) in [6, 6.07) is 7.25. The minimum atomic E-state index is -1.01. The molecule has 0 radical (unpaired) electrons. The monoisotopic (exact) mass is 602 g/mol. The van der Waals surface area contributed by atoms with Crippen LogP contribution in [-0.4, -0.2) is 80.7 Å². The van der Waals surface area contributed by atoms with E-state index in [0.29, 0.717) is 35.3 Å². The maximum absolute atomic E-state index is 11.2. The summed E-state index contributed by atoms with van der Waals surface area (Å²) in [5, 5.41) is 37.0. The lowest BCUT2D eigenvalue weighted by molar-refractivity contribution is -0.141. The topological polar surface area (TPSA) is 170 Å². The van der Waals surface area contributed by atoms with E-state index in [9.17, 15) is 19.6 Å². The lowest BCUT2D eigenvalue weighted by Gasteiger charge is -2.14. The van der Waals surface area contributed by atoms with Crippen LogP contribution < -0.4 is 20.4 Å². The molecule has 3 atom stereocenters. The van der Waals surface area contributed by atoms with Crippen LogP contribution in [0.5, 0.6) is 11.5 Å². The molecule has 4 N–H and O–H groups in total. The maximum atomic E-state index is 11.2. The third-order valence-corrected chi connectivity index (χ3v) is 7.38. The molecule has 2 aromatic carbocycles. The van der Waals surface area contributed by atoms with Gasteiger partial charge in [-0.3, -0.25) is 9.59 Å². The van der Waals surface area contributed by atoms with Gasteiger partial charge in [0.1, 0.15) is 11.5 Å². The SMILES string of the molecule is COC(=O)CCC1OB(O)c2cc(OC)cc(C)c21.COc1cc(C)c2c(c1)B(O)OC2CCC(=O)O.OC1CCCO1. The van der Waals surface area contributed by atoms with Gasteiger partial charge >= 0.3 is 26.2 Å². The van der Waals surface area contributed by atoms with Gasteiger partial charge in [-0.15, -0.1) is 0 Å². The smallest absolute Gasteiger partial charge is 0.492 e. The van der Waals surface area contributed by atoms with E-state index in [-0.39, 0.29) is 31.0 Å². The first-order chi connectivity index (χ1) is 20.5. The van der Waals surface area contributed by atoms with Crippen LogP contribution in [0.3, 0.4) is 0 Å². The van der Waals surface area contributed by atoms with Crippen molar-refractivity contribution in [3.8, 4) is 11.5 Å². The Morgan fingerprint density at radius 3 is 1.70 bits per heavy atom. The van der Waals surface area contributed by atoms with Crippen molar-refractivity contribution in [2.75, 3.05) is 27.9 Å². The van der Waals surface area contributed by atoms with Crippen LogP contribution in [0.2, 0.25) is 0 Å². The Morgan fingerprint density at radius 1 is 0.860 bits per heavy atom. The fraction of sp³-hybridized carbons (Fsp3) is 0.517. The summed E-state index contributed by atoms with van der Waals surface area (Å²) in [5.74, 6) is 0.200. The Labute approximate surface area is 252 Å². The van der Waals surface area contributed by atoms with Gasteiger partial charge in [-0.1, -0.05) is 0 Å². The molecule has 0 bridgehead atoms. The number of aryl methyl sites for hydroxylation is 2. The fourth-order valence-corrected chi connectivity index (χ4v) is 5.29. The summed E-state index contributed by atoms with van der Waals surface area (Å²) >= 11 is 0. The highest BCUT2D eigenvalue weighted by atomic mass is 16.6. The lowest BCUT2D eigenvalue weighted by Crippen LogP contribution is -2.28. The maximum Gasteiger partial charge on any atom is 0.492 e. The van der Waals surface area contributed by atoms with Crippen molar-refractivity contribution in [2.45, 2.75) is 70.9 Å². The summed E-state index contributed by atoms with van der Waals surface area (Å²) < 4.78 is 30.5. The molecule has 3 heterocycles. The Kier molecular flexibility index (Phi) is 12.9. The molecule has 0 saturated carbocycles. The molecule has 0 aliphatic carbocycles. The van der Waals surface area contributed by atoms with Gasteiger partial charge < -0.3 is 48.5 Å². The predicted molar refractivity (Wildman–Crippen MR) is 158 cm³/mol. The first-order valence-electron chi connectivity index (χ1n) is 14.1. The van der Waals surface area contributed by atoms with E-state index in [1.54, 1.807) is 26.4 Å². The number of esters is 1. The normalized spacial score (nSPS) is 19.9. The first-order valence-corrected chi connectivity index (χ1v) is 14.1. The van der Waals surface area contributed by atoms with Crippen molar-refractivity contribution in [1.29, 1.82) is 0 Å². The second kappa shape index (κ2) is 16.1. The van der Waals surface area contributed by atoms with Crippen LogP contribution in [0.15, 0.2) is 24.3 Å². The third-order valence-electron chi connectivity index (χ3n) is 7.38. The van der Waals surface area contributed by atoms with Crippen molar-refractivity contribution in [2.24, 2.45) is 0 Å². The van der Waals surface area contributed by atoms with E-state index in [1.807, 2.05) is 26.0 Å². The number of aliphatic carboxylic acids is 1. The minimum absolute atomic E-state index is 0.0162. The fourth-order valence-electron chi connectivity index (χ4n) is 5.29. The number of carboxylic acids is 1. The largest absolute Gasteiger partial charge is 0.497 e. The summed E-state index contributed by atoms with van der Waals surface area (Å²) in [7, 11) is 2.53. The molecule has 2 aromatic rings. The molecule has 14 heteroatoms. The Balaban J connectivity index is 0.000000197. The van der Waals surface area contributed by atoms with Gasteiger partial charge in [0.25, 0.3) is 0 Å². The van der Waals surface area contributed by atoms with Crippen molar-refractivity contribution >= 4 is 37.1 Å². The van der Waals surface area contributed by atoms with E-state index >= 15 is 0 Å². The number of benzene rings is 2. The molecule has 12 nitrogen and oxygen atoms in total. The first kappa shape index (κ1) is 34.4. The van der Waals surface area contributed by atoms with Gasteiger partial charge in [0.15, 0.2) is 6.29 Å². The van der Waals surface area contributed by atoms with Gasteiger partial charge in [0.2, 0.25) is 0 Å². The molecule has 234 valence electrons. The number of hydrogen-bond acceptors (Lipinski definition) is 11. The molecule has 3 aliphatic rings. The molecule has 0 amide bonds. The van der Waals surface area contributed by atoms with Crippen molar-refractivity contribution < 1.29 is 58.1 Å². The molecule has 43 heavy (non-hydrogen) atoms. The number of ether oxygens (including phenoxy) is 4. The second-order valence-corrected chi connectivity index (χ2v) is 10.4. The predicted octanol–water partition coefficient (Wildman–Crippen LogP) is 1.46. The van der Waals surface area contributed by atoms with Crippen LogP contribution in [0, 0.1) is 13.8 Å². The van der Waals surface area contributed by atoms with Gasteiger partial charge in [-0.25, -0.2) is 0 Å². The van der Waals surface area contributed by atoms with Gasteiger partial charge in [0, 0.05) is 25.9 Å². The van der Waals surface area contributed by atoms with Gasteiger partial charge in [-0.2, -0.15) is 0 Å². The van der Waals surface area contributed by atoms with Crippen LogP contribution in [0.4, 0.5) is 0 Å². The molecule has 3 aliphatic heterocycles. The number of carbonyl (C=O) groups excluding carboxylic acids is 1. The molecular weight excluding hydrogens is 562 g/mol. The Hall–Kier alpha value is -3.13. The molecule has 1 fully saturated rings. The highest BCUT2D eigenvalue weighted by Gasteiger charge is 2.38. The number of rotatable bonds is 8. The van der Waals surface area contributed by atoms with Gasteiger partial charge in [-0.05, 0) is 90.6 Å². The lowest BCUT2D eigenvalue weighted by atomic mass is 9.77. The van der Waals surface area contributed by atoms with E-state index in [1.165, 1.54) is 7.11 Å². The van der Waals surface area contributed by atoms with Crippen molar-refractivity contribution in [3.05, 3.63) is 46.5 Å². The zero-order valence-electron chi connectivity index (χ0n) is 25.2. The quantitative estimate of drug-likeness (QED) is 0.254. The summed E-state index contributed by atoms with van der Waals surface area (Å²) in [5.41, 5.74) is 5.13. The molecule has 3 unspecified atom stereocenters. The number of carboxylic acid groups (broad SMARTS) is 1. The van der Waals surface area contributed by atoms with Crippen LogP contribution in [0.25, 0.3) is 0 Å². The Bertz CT molecular complexity index is 1250. The number of aliphatic hydroxyl groups is 1. The van der Waals surface area contributed by atoms with Crippen LogP contribution in [0.1, 0.15) is 73.0 Å². The Morgan fingerprint density at radius 2 is 1.35 bits per heavy atom. The van der Waals surface area contributed by atoms with Crippen LogP contribution >= 0.6 is 0 Å². The summed E-state index contributed by atoms with van der Waals surface area (Å²) in [4.78, 5) is 21.8. The average Bonchev–Trinajstić information content (AvgIpc) is 3.68. The molecule has 1 saturated heterocycles. The standard InChI is InChI=1S/C13H17BO5.C12H15BO5.C4H8O2/c1-8-6-9(17-2)7-10-13(8)11(19-14(10)16)4-5-12(15)18-3;1-7-5-8(17-2)6-9-12(7)10(18-13(9)16)3-4-11(14)15;5-4-2-1-3-6-4/h6-7,11,16H,4-5H2,1-3H3;5-6,10,16H,3-4H2,1-2H3,(H,14,15);4-5H,1-3H2. The number of hydrogen-bond donors (Lipinski definition) is 4. The number of methoxy groups -OCH3 is 3. The minimum Gasteiger partial charge on any atom is -0.497 e. The average molecular weight is 602 g/mol. The highest BCUT2D eigenvalue weighted by Crippen LogP contribution is 2.33. The second-order valence-electron chi connectivity index (χ2n) is 10.4. The summed E-state index contributed by atoms with van der Waals surface area (Å²) in [6.07, 6.45) is 1.86. The summed E-state index contributed by atoms with van der Waals surface area (Å²) in [6.45, 7) is 4.57. The molecule has 5 rings (SSSR count). The van der Waals surface area contributed by atoms with Crippen molar-refractivity contribution in [3.63, 3.8) is 0 Å². The zero-order valence-corrected chi connectivity index (χ0v) is 25.2. The number of carbonyl (C=O) groups is 2. The van der Waals surface area contributed by atoms with Crippen LogP contribution in [-0.2, 0) is 28.4 Å². The van der Waals surface area contributed by atoms with Gasteiger partial charge in [0.05, 0.1) is 33.5 Å². The molecule has 0 spiro atoms. The number of aliphatic hydroxyl groups excluding tert-OH is 1. The third kappa shape index (κ3) is 9.18. The van der Waals surface area contributed by atoms with Crippen molar-refractivity contribution in [1.82, 2.24) is 0 Å². The molecule has 0 aromatic heterocycles. The van der Waals surface area contributed by atoms with E-state index in [4.69, 9.17) is 33.7 Å².